The Morgan fingerprint density at radius 2 is 1.81 bits per heavy atom. The van der Waals surface area contributed by atoms with Gasteiger partial charge in [0.15, 0.2) is 0 Å². The highest BCUT2D eigenvalue weighted by atomic mass is 32.2. The minimum Gasteiger partial charge on any atom is -0.497 e. The van der Waals surface area contributed by atoms with Gasteiger partial charge in [-0.05, 0) is 74.6 Å². The Bertz CT molecular complexity index is 1040. The SMILES string of the molecule is CCOC(=O)C(CCCc1c(C)cccc1C(=O)NO)NS(=O)(=O)c1ccc(OC)cc1. The van der Waals surface area contributed by atoms with E-state index >= 15 is 0 Å². The third kappa shape index (κ3) is 6.52. The predicted octanol–water partition coefficient (Wildman–Crippen LogP) is 2.36. The van der Waals surface area contributed by atoms with Crippen molar-refractivity contribution in [2.24, 2.45) is 0 Å². The fraction of sp³-hybridized carbons (Fsp3) is 0.364. The van der Waals surface area contributed by atoms with Gasteiger partial charge in [0, 0.05) is 5.56 Å². The molecule has 0 heterocycles. The summed E-state index contributed by atoms with van der Waals surface area (Å²) in [6.07, 6.45) is 0.948. The number of amides is 1. The van der Waals surface area contributed by atoms with Crippen LogP contribution in [0.25, 0.3) is 0 Å². The molecule has 0 saturated carbocycles. The summed E-state index contributed by atoms with van der Waals surface area (Å²) in [4.78, 5) is 24.3. The molecule has 1 unspecified atom stereocenters. The van der Waals surface area contributed by atoms with E-state index in [9.17, 15) is 18.0 Å². The lowest BCUT2D eigenvalue weighted by molar-refractivity contribution is -0.145. The van der Waals surface area contributed by atoms with E-state index in [2.05, 4.69) is 4.72 Å². The molecule has 0 fully saturated rings. The molecule has 0 bridgehead atoms. The van der Waals surface area contributed by atoms with Crippen molar-refractivity contribution in [3.05, 3.63) is 59.2 Å². The Hall–Kier alpha value is -2.95. The summed E-state index contributed by atoms with van der Waals surface area (Å²) >= 11 is 0. The van der Waals surface area contributed by atoms with Crippen LogP contribution in [-0.4, -0.2) is 45.3 Å². The Labute approximate surface area is 187 Å². The monoisotopic (exact) mass is 464 g/mol. The van der Waals surface area contributed by atoms with Gasteiger partial charge in [-0.3, -0.25) is 14.8 Å². The number of esters is 1. The smallest absolute Gasteiger partial charge is 0.324 e. The highest BCUT2D eigenvalue weighted by Crippen LogP contribution is 2.20. The minimum atomic E-state index is -3.98. The molecule has 2 aromatic rings. The molecule has 0 radical (unpaired) electrons. The van der Waals surface area contributed by atoms with Crippen LogP contribution in [0.5, 0.6) is 5.75 Å². The van der Waals surface area contributed by atoms with Crippen LogP contribution in [0.15, 0.2) is 47.4 Å². The van der Waals surface area contributed by atoms with Gasteiger partial charge in [-0.15, -0.1) is 0 Å². The van der Waals surface area contributed by atoms with Gasteiger partial charge in [-0.25, -0.2) is 13.9 Å². The van der Waals surface area contributed by atoms with Crippen LogP contribution in [0.3, 0.4) is 0 Å². The van der Waals surface area contributed by atoms with Gasteiger partial charge in [0.1, 0.15) is 11.8 Å². The van der Waals surface area contributed by atoms with E-state index in [1.165, 1.54) is 31.4 Å². The molecule has 1 atom stereocenters. The van der Waals surface area contributed by atoms with Gasteiger partial charge in [0.05, 0.1) is 18.6 Å². The molecule has 0 spiro atoms. The molecular weight excluding hydrogens is 436 g/mol. The second-order valence-electron chi connectivity index (χ2n) is 7.04. The minimum absolute atomic E-state index is 0.00611. The molecule has 0 aliphatic rings. The average Bonchev–Trinajstić information content (AvgIpc) is 2.78. The zero-order valence-electron chi connectivity index (χ0n) is 18.3. The predicted molar refractivity (Wildman–Crippen MR) is 117 cm³/mol. The Morgan fingerprint density at radius 1 is 1.12 bits per heavy atom. The first kappa shape index (κ1) is 25.3. The van der Waals surface area contributed by atoms with Crippen molar-refractivity contribution in [3.63, 3.8) is 0 Å². The fourth-order valence-electron chi connectivity index (χ4n) is 3.27. The number of hydrogen-bond acceptors (Lipinski definition) is 7. The maximum absolute atomic E-state index is 12.8. The largest absolute Gasteiger partial charge is 0.497 e. The molecule has 0 aliphatic carbocycles. The number of nitrogens with one attached hydrogen (secondary N) is 2. The van der Waals surface area contributed by atoms with Gasteiger partial charge < -0.3 is 9.47 Å². The first-order valence-electron chi connectivity index (χ1n) is 10.1. The molecular formula is C22H28N2O7S. The fourth-order valence-corrected chi connectivity index (χ4v) is 4.49. The third-order valence-corrected chi connectivity index (χ3v) is 6.40. The van der Waals surface area contributed by atoms with Crippen LogP contribution in [0.1, 0.15) is 41.3 Å². The van der Waals surface area contributed by atoms with Crippen molar-refractivity contribution in [3.8, 4) is 5.75 Å². The first-order valence-corrected chi connectivity index (χ1v) is 11.6. The number of carbonyl (C=O) groups excluding carboxylic acids is 2. The van der Waals surface area contributed by atoms with Crippen molar-refractivity contribution >= 4 is 21.9 Å². The highest BCUT2D eigenvalue weighted by molar-refractivity contribution is 7.89. The van der Waals surface area contributed by atoms with E-state index in [0.29, 0.717) is 29.7 Å². The number of benzene rings is 2. The number of hydrogen-bond donors (Lipinski definition) is 3. The van der Waals surface area contributed by atoms with Crippen molar-refractivity contribution in [1.29, 1.82) is 0 Å². The highest BCUT2D eigenvalue weighted by Gasteiger charge is 2.27. The lowest BCUT2D eigenvalue weighted by Crippen LogP contribution is -2.41. The van der Waals surface area contributed by atoms with Crippen molar-refractivity contribution < 1.29 is 32.7 Å². The molecule has 32 heavy (non-hydrogen) atoms. The summed E-state index contributed by atoms with van der Waals surface area (Å²) < 4.78 is 38.1. The Balaban J connectivity index is 2.17. The third-order valence-electron chi connectivity index (χ3n) is 4.91. The summed E-state index contributed by atoms with van der Waals surface area (Å²) in [5, 5.41) is 8.97. The van der Waals surface area contributed by atoms with Crippen LogP contribution in [0.4, 0.5) is 0 Å². The second-order valence-corrected chi connectivity index (χ2v) is 8.75. The Morgan fingerprint density at radius 3 is 2.41 bits per heavy atom. The standard InChI is InChI=1S/C22H28N2O7S/c1-4-31-22(26)20(24-32(28,29)17-13-11-16(30-3)12-14-17)10-6-8-18-15(2)7-5-9-19(18)21(25)23-27/h5,7,9,11-14,20,24,27H,4,6,8,10H2,1-3H3,(H,23,25). The topological polar surface area (TPSA) is 131 Å². The van der Waals surface area contributed by atoms with E-state index in [-0.39, 0.29) is 17.9 Å². The van der Waals surface area contributed by atoms with Gasteiger partial charge in [-0.2, -0.15) is 4.72 Å². The number of hydroxylamine groups is 1. The van der Waals surface area contributed by atoms with Crippen LogP contribution in [0.2, 0.25) is 0 Å². The lowest BCUT2D eigenvalue weighted by atomic mass is 9.95. The quantitative estimate of drug-likeness (QED) is 0.264. The lowest BCUT2D eigenvalue weighted by Gasteiger charge is -2.18. The number of methoxy groups -OCH3 is 1. The molecule has 174 valence electrons. The molecule has 0 aromatic heterocycles. The second kappa shape index (κ2) is 11.6. The van der Waals surface area contributed by atoms with E-state index in [1.54, 1.807) is 24.5 Å². The Kier molecular flexibility index (Phi) is 9.18. The summed E-state index contributed by atoms with van der Waals surface area (Å²) in [6.45, 7) is 3.58. The molecule has 2 rings (SSSR count). The molecule has 0 aliphatic heterocycles. The zero-order chi connectivity index (χ0) is 23.7. The number of carbonyl (C=O) groups is 2. The zero-order valence-corrected chi connectivity index (χ0v) is 19.1. The molecule has 0 saturated heterocycles. The summed E-state index contributed by atoms with van der Waals surface area (Å²) in [6, 6.07) is 9.82. The van der Waals surface area contributed by atoms with Crippen LogP contribution >= 0.6 is 0 Å². The van der Waals surface area contributed by atoms with Gasteiger partial charge in [-0.1, -0.05) is 12.1 Å². The number of ether oxygens (including phenoxy) is 2. The summed E-state index contributed by atoms with van der Waals surface area (Å²) in [7, 11) is -2.51. The molecule has 9 nitrogen and oxygen atoms in total. The maximum atomic E-state index is 12.8. The normalized spacial score (nSPS) is 12.1. The molecule has 2 aromatic carbocycles. The number of sulfonamides is 1. The maximum Gasteiger partial charge on any atom is 0.324 e. The van der Waals surface area contributed by atoms with Gasteiger partial charge in [0.2, 0.25) is 10.0 Å². The van der Waals surface area contributed by atoms with Crippen LogP contribution < -0.4 is 14.9 Å². The molecule has 1 amide bonds. The van der Waals surface area contributed by atoms with E-state index in [4.69, 9.17) is 14.7 Å². The van der Waals surface area contributed by atoms with Crippen LogP contribution in [0, 0.1) is 6.92 Å². The van der Waals surface area contributed by atoms with E-state index in [1.807, 2.05) is 13.0 Å². The van der Waals surface area contributed by atoms with Crippen molar-refractivity contribution in [2.75, 3.05) is 13.7 Å². The number of rotatable bonds is 11. The summed E-state index contributed by atoms with van der Waals surface area (Å²) in [5.74, 6) is -0.805. The number of aryl methyl sites for hydroxylation is 1. The van der Waals surface area contributed by atoms with E-state index in [0.717, 1.165) is 5.56 Å². The first-order chi connectivity index (χ1) is 15.2. The molecule has 3 N–H and O–H groups in total. The van der Waals surface area contributed by atoms with E-state index < -0.39 is 27.9 Å². The van der Waals surface area contributed by atoms with Crippen molar-refractivity contribution in [1.82, 2.24) is 10.2 Å². The summed E-state index contributed by atoms with van der Waals surface area (Å²) in [5.41, 5.74) is 3.50. The molecule has 10 heteroatoms. The average molecular weight is 465 g/mol. The van der Waals surface area contributed by atoms with Gasteiger partial charge >= 0.3 is 5.97 Å². The van der Waals surface area contributed by atoms with Gasteiger partial charge in [0.25, 0.3) is 5.91 Å². The van der Waals surface area contributed by atoms with Crippen LogP contribution in [-0.2, 0) is 26.0 Å². The van der Waals surface area contributed by atoms with Crippen molar-refractivity contribution in [2.45, 2.75) is 44.0 Å².